The number of aryl methyl sites for hydroxylation is 2. The zero-order valence-corrected chi connectivity index (χ0v) is 16.7. The lowest BCUT2D eigenvalue weighted by atomic mass is 10.2. The van der Waals surface area contributed by atoms with E-state index >= 15 is 0 Å². The van der Waals surface area contributed by atoms with Crippen LogP contribution < -0.4 is 9.47 Å². The van der Waals surface area contributed by atoms with Gasteiger partial charge in [0.05, 0.1) is 19.8 Å². The smallest absolute Gasteiger partial charge is 0.378 e. The largest absolute Gasteiger partial charge is 0.497 e. The summed E-state index contributed by atoms with van der Waals surface area (Å²) in [6.45, 7) is 3.45. The van der Waals surface area contributed by atoms with Gasteiger partial charge in [-0.3, -0.25) is 0 Å². The monoisotopic (exact) mass is 410 g/mol. The minimum Gasteiger partial charge on any atom is -0.497 e. The predicted octanol–water partition coefficient (Wildman–Crippen LogP) is 2.17. The molecule has 0 saturated carbocycles. The number of nitrogens with zero attached hydrogens (tertiary/aromatic N) is 6. The molecule has 0 bridgehead atoms. The fraction of sp³-hybridized carbons (Fsp3) is 0.263. The van der Waals surface area contributed by atoms with Gasteiger partial charge in [-0.15, -0.1) is 5.10 Å². The Bertz CT molecular complexity index is 1230. The summed E-state index contributed by atoms with van der Waals surface area (Å²) >= 11 is 0. The van der Waals surface area contributed by atoms with Crippen molar-refractivity contribution in [3.8, 4) is 22.9 Å². The number of esters is 1. The van der Waals surface area contributed by atoms with Crippen LogP contribution in [-0.4, -0.2) is 49.9 Å². The molecule has 4 aromatic rings. The molecule has 0 saturated heterocycles. The number of rotatable bonds is 6. The summed E-state index contributed by atoms with van der Waals surface area (Å²) in [7, 11) is 3.09. The van der Waals surface area contributed by atoms with Crippen molar-refractivity contribution in [1.29, 1.82) is 0 Å². The molecule has 154 valence electrons. The molecule has 11 heteroatoms. The summed E-state index contributed by atoms with van der Waals surface area (Å²) in [6.07, 6.45) is 0. The van der Waals surface area contributed by atoms with Crippen molar-refractivity contribution in [2.24, 2.45) is 0 Å². The van der Waals surface area contributed by atoms with Crippen LogP contribution in [0.4, 0.5) is 0 Å². The van der Waals surface area contributed by atoms with E-state index in [1.54, 1.807) is 25.3 Å². The van der Waals surface area contributed by atoms with Crippen LogP contribution >= 0.6 is 0 Å². The molecule has 3 heterocycles. The Morgan fingerprint density at radius 1 is 1.10 bits per heavy atom. The number of benzene rings is 1. The topological polar surface area (TPSA) is 127 Å². The Hall–Kier alpha value is -4.02. The van der Waals surface area contributed by atoms with E-state index in [4.69, 9.17) is 18.7 Å². The second-order valence-corrected chi connectivity index (χ2v) is 6.34. The van der Waals surface area contributed by atoms with Gasteiger partial charge < -0.3 is 18.7 Å². The van der Waals surface area contributed by atoms with E-state index in [0.29, 0.717) is 28.7 Å². The molecule has 0 N–H and O–H groups in total. The lowest BCUT2D eigenvalue weighted by Crippen LogP contribution is -2.08. The molecule has 0 aliphatic carbocycles. The first kappa shape index (κ1) is 19.3. The summed E-state index contributed by atoms with van der Waals surface area (Å²) in [6, 6.07) is 7.04. The standard InChI is InChI=1S/C19H18N6O5/c1-10-7-11(2)25-19(20-10)22-17(23-25)18(26)29-9-15-21-16(24-30-15)13-6-5-12(27-3)8-14(13)28-4/h5-8H,9H2,1-4H3. The zero-order valence-electron chi connectivity index (χ0n) is 16.7. The lowest BCUT2D eigenvalue weighted by Gasteiger charge is -2.07. The first-order valence-electron chi connectivity index (χ1n) is 8.91. The van der Waals surface area contributed by atoms with E-state index < -0.39 is 5.97 Å². The molecular weight excluding hydrogens is 392 g/mol. The van der Waals surface area contributed by atoms with Crippen LogP contribution in [0.15, 0.2) is 28.8 Å². The highest BCUT2D eigenvalue weighted by atomic mass is 16.6. The summed E-state index contributed by atoms with van der Waals surface area (Å²) in [5.74, 6) is 1.06. The number of carbonyl (C=O) groups is 1. The summed E-state index contributed by atoms with van der Waals surface area (Å²) in [4.78, 5) is 24.9. The van der Waals surface area contributed by atoms with Gasteiger partial charge in [-0.1, -0.05) is 5.16 Å². The third-order valence-corrected chi connectivity index (χ3v) is 4.25. The van der Waals surface area contributed by atoms with E-state index in [2.05, 4.69) is 25.2 Å². The number of carbonyl (C=O) groups excluding carboxylic acids is 1. The van der Waals surface area contributed by atoms with E-state index in [1.165, 1.54) is 11.6 Å². The highest BCUT2D eigenvalue weighted by Crippen LogP contribution is 2.31. The van der Waals surface area contributed by atoms with E-state index in [0.717, 1.165) is 11.4 Å². The van der Waals surface area contributed by atoms with Crippen LogP contribution in [0.1, 0.15) is 27.9 Å². The van der Waals surface area contributed by atoms with Crippen LogP contribution in [0, 0.1) is 13.8 Å². The molecule has 0 aliphatic heterocycles. The number of ether oxygens (including phenoxy) is 3. The number of hydrogen-bond donors (Lipinski definition) is 0. The maximum Gasteiger partial charge on any atom is 0.378 e. The fourth-order valence-corrected chi connectivity index (χ4v) is 2.85. The van der Waals surface area contributed by atoms with Gasteiger partial charge in [0.2, 0.25) is 5.82 Å². The Kier molecular flexibility index (Phi) is 5.00. The summed E-state index contributed by atoms with van der Waals surface area (Å²) < 4.78 is 22.4. The molecule has 0 fully saturated rings. The highest BCUT2D eigenvalue weighted by molar-refractivity contribution is 5.85. The van der Waals surface area contributed by atoms with Gasteiger partial charge in [0.15, 0.2) is 6.61 Å². The molecule has 1 aromatic carbocycles. The van der Waals surface area contributed by atoms with Crippen molar-refractivity contribution in [1.82, 2.24) is 29.7 Å². The molecule has 0 atom stereocenters. The lowest BCUT2D eigenvalue weighted by molar-refractivity contribution is 0.0415. The molecule has 0 unspecified atom stereocenters. The fourth-order valence-electron chi connectivity index (χ4n) is 2.85. The van der Waals surface area contributed by atoms with Gasteiger partial charge in [-0.25, -0.2) is 14.3 Å². The molecule has 0 amide bonds. The first-order valence-corrected chi connectivity index (χ1v) is 8.91. The minimum atomic E-state index is -0.723. The Morgan fingerprint density at radius 3 is 2.70 bits per heavy atom. The average molecular weight is 410 g/mol. The second-order valence-electron chi connectivity index (χ2n) is 6.34. The molecule has 4 rings (SSSR count). The van der Waals surface area contributed by atoms with Crippen LogP contribution in [0.25, 0.3) is 17.2 Å². The summed E-state index contributed by atoms with van der Waals surface area (Å²) in [5.41, 5.74) is 2.19. The normalized spacial score (nSPS) is 10.9. The molecule has 0 spiro atoms. The molecule has 3 aromatic heterocycles. The van der Waals surface area contributed by atoms with Crippen molar-refractivity contribution >= 4 is 11.7 Å². The quantitative estimate of drug-likeness (QED) is 0.436. The Balaban J connectivity index is 1.48. The molecule has 11 nitrogen and oxygen atoms in total. The summed E-state index contributed by atoms with van der Waals surface area (Å²) in [5, 5.41) is 8.04. The van der Waals surface area contributed by atoms with Crippen molar-refractivity contribution < 1.29 is 23.5 Å². The number of aromatic nitrogens is 6. The van der Waals surface area contributed by atoms with Gasteiger partial charge >= 0.3 is 5.97 Å². The third-order valence-electron chi connectivity index (χ3n) is 4.25. The molecule has 0 aliphatic rings. The minimum absolute atomic E-state index is 0.104. The van der Waals surface area contributed by atoms with Gasteiger partial charge in [0.25, 0.3) is 17.5 Å². The van der Waals surface area contributed by atoms with Crippen molar-refractivity contribution in [3.05, 3.63) is 47.4 Å². The highest BCUT2D eigenvalue weighted by Gasteiger charge is 2.19. The molecule has 30 heavy (non-hydrogen) atoms. The Labute approximate surface area is 170 Å². The van der Waals surface area contributed by atoms with Gasteiger partial charge in [-0.05, 0) is 32.0 Å². The van der Waals surface area contributed by atoms with Crippen molar-refractivity contribution in [3.63, 3.8) is 0 Å². The van der Waals surface area contributed by atoms with Crippen LogP contribution in [0.3, 0.4) is 0 Å². The van der Waals surface area contributed by atoms with Gasteiger partial charge in [0.1, 0.15) is 11.5 Å². The van der Waals surface area contributed by atoms with E-state index in [1.807, 2.05) is 19.9 Å². The Morgan fingerprint density at radius 2 is 1.93 bits per heavy atom. The van der Waals surface area contributed by atoms with Crippen LogP contribution in [0.2, 0.25) is 0 Å². The second kappa shape index (κ2) is 7.78. The van der Waals surface area contributed by atoms with Crippen LogP contribution in [0.5, 0.6) is 11.5 Å². The molecular formula is C19H18N6O5. The van der Waals surface area contributed by atoms with Crippen LogP contribution in [-0.2, 0) is 11.3 Å². The molecule has 0 radical (unpaired) electrons. The maximum atomic E-state index is 12.3. The first-order chi connectivity index (χ1) is 14.5. The predicted molar refractivity (Wildman–Crippen MR) is 102 cm³/mol. The van der Waals surface area contributed by atoms with Gasteiger partial charge in [0, 0.05) is 17.5 Å². The number of methoxy groups -OCH3 is 2. The zero-order chi connectivity index (χ0) is 21.3. The van der Waals surface area contributed by atoms with Gasteiger partial charge in [-0.2, -0.15) is 9.97 Å². The maximum absolute atomic E-state index is 12.3. The number of hydrogen-bond acceptors (Lipinski definition) is 10. The van der Waals surface area contributed by atoms with E-state index in [-0.39, 0.29) is 18.3 Å². The average Bonchev–Trinajstić information content (AvgIpc) is 3.38. The van der Waals surface area contributed by atoms with E-state index in [9.17, 15) is 4.79 Å². The van der Waals surface area contributed by atoms with Crippen molar-refractivity contribution in [2.75, 3.05) is 14.2 Å². The third kappa shape index (κ3) is 3.64. The van der Waals surface area contributed by atoms with Crippen molar-refractivity contribution in [2.45, 2.75) is 20.5 Å². The SMILES string of the molecule is COc1ccc(-c2noc(COC(=O)c3nc4nc(C)cc(C)n4n3)n2)c(OC)c1. The number of fused-ring (bicyclic) bond motifs is 1.